The molecule has 0 aliphatic carbocycles. The van der Waals surface area contributed by atoms with Crippen LogP contribution in [0, 0.1) is 0 Å². The minimum atomic E-state index is -0.234. The van der Waals surface area contributed by atoms with Crippen LogP contribution in [0.4, 0.5) is 0 Å². The summed E-state index contributed by atoms with van der Waals surface area (Å²) in [5, 5.41) is 0. The molecule has 0 aliphatic heterocycles. The fourth-order valence-electron chi connectivity index (χ4n) is 0.933. The first-order valence-electron chi connectivity index (χ1n) is 3.88. The Morgan fingerprint density at radius 3 is 2.85 bits per heavy atom. The first-order valence-corrected chi connectivity index (χ1v) is 3.88. The number of rotatable bonds is 4. The van der Waals surface area contributed by atoms with Crippen LogP contribution in [0.25, 0.3) is 0 Å². The van der Waals surface area contributed by atoms with Gasteiger partial charge in [-0.1, -0.05) is 0 Å². The predicted octanol–water partition coefficient (Wildman–Crippen LogP) is 0.131. The van der Waals surface area contributed by atoms with Gasteiger partial charge in [0.15, 0.2) is 0 Å². The fourth-order valence-corrected chi connectivity index (χ4v) is 0.933. The molecule has 2 N–H and O–H groups in total. The highest BCUT2D eigenvalue weighted by Crippen LogP contribution is 2.11. The molecule has 0 bridgehead atoms. The van der Waals surface area contributed by atoms with Crippen LogP contribution in [0.15, 0.2) is 12.4 Å². The van der Waals surface area contributed by atoms with Gasteiger partial charge in [0, 0.05) is 13.2 Å². The lowest BCUT2D eigenvalue weighted by atomic mass is 10.2. The highest BCUT2D eigenvalue weighted by molar-refractivity contribution is 5.16. The molecule has 5 heteroatoms. The Morgan fingerprint density at radius 2 is 2.23 bits per heavy atom. The molecule has 1 aromatic rings. The molecule has 13 heavy (non-hydrogen) atoms. The van der Waals surface area contributed by atoms with E-state index < -0.39 is 0 Å². The molecular formula is C8H13N3O2. The average molecular weight is 183 g/mol. The molecule has 1 aromatic heterocycles. The molecule has 0 aromatic carbocycles. The molecule has 0 spiro atoms. The first-order chi connectivity index (χ1) is 6.27. The quantitative estimate of drug-likeness (QED) is 0.718. The Bertz CT molecular complexity index is 267. The van der Waals surface area contributed by atoms with Gasteiger partial charge in [-0.25, -0.2) is 9.97 Å². The molecular weight excluding hydrogens is 170 g/mol. The van der Waals surface area contributed by atoms with Crippen molar-refractivity contribution >= 4 is 0 Å². The van der Waals surface area contributed by atoms with Crippen LogP contribution in [0.2, 0.25) is 0 Å². The summed E-state index contributed by atoms with van der Waals surface area (Å²) < 4.78 is 9.84. The number of aromatic nitrogens is 2. The summed E-state index contributed by atoms with van der Waals surface area (Å²) in [4.78, 5) is 7.88. The van der Waals surface area contributed by atoms with Crippen molar-refractivity contribution in [1.29, 1.82) is 0 Å². The van der Waals surface area contributed by atoms with Crippen molar-refractivity contribution < 1.29 is 9.47 Å². The van der Waals surface area contributed by atoms with Crippen LogP contribution >= 0.6 is 0 Å². The van der Waals surface area contributed by atoms with Gasteiger partial charge in [-0.05, 0) is 0 Å². The van der Waals surface area contributed by atoms with Crippen molar-refractivity contribution in [3.8, 4) is 5.88 Å². The molecule has 1 unspecified atom stereocenters. The van der Waals surface area contributed by atoms with E-state index in [4.69, 9.17) is 15.2 Å². The van der Waals surface area contributed by atoms with E-state index in [1.165, 1.54) is 6.33 Å². The highest BCUT2D eigenvalue weighted by Gasteiger charge is 2.07. The first kappa shape index (κ1) is 9.88. The average Bonchev–Trinajstić information content (AvgIpc) is 2.18. The summed E-state index contributed by atoms with van der Waals surface area (Å²) in [7, 11) is 3.15. The zero-order valence-corrected chi connectivity index (χ0v) is 7.73. The van der Waals surface area contributed by atoms with Crippen molar-refractivity contribution in [2.75, 3.05) is 20.8 Å². The van der Waals surface area contributed by atoms with Crippen LogP contribution in [-0.4, -0.2) is 30.8 Å². The normalized spacial score (nSPS) is 12.5. The van der Waals surface area contributed by atoms with E-state index in [2.05, 4.69) is 9.97 Å². The second-order valence-electron chi connectivity index (χ2n) is 2.55. The molecule has 1 heterocycles. The third-order valence-corrected chi connectivity index (χ3v) is 1.60. The van der Waals surface area contributed by atoms with E-state index in [9.17, 15) is 0 Å². The second-order valence-corrected chi connectivity index (χ2v) is 2.55. The van der Waals surface area contributed by atoms with E-state index in [1.54, 1.807) is 20.3 Å². The molecule has 0 fully saturated rings. The number of nitrogens with zero attached hydrogens (tertiary/aromatic N) is 2. The highest BCUT2D eigenvalue weighted by atomic mass is 16.5. The maximum atomic E-state index is 5.76. The molecule has 72 valence electrons. The largest absolute Gasteiger partial charge is 0.481 e. The Labute approximate surface area is 76.9 Å². The van der Waals surface area contributed by atoms with E-state index in [-0.39, 0.29) is 6.04 Å². The number of hydrogen-bond acceptors (Lipinski definition) is 5. The van der Waals surface area contributed by atoms with Gasteiger partial charge in [0.25, 0.3) is 0 Å². The monoisotopic (exact) mass is 183 g/mol. The minimum absolute atomic E-state index is 0.234. The summed E-state index contributed by atoms with van der Waals surface area (Å²) in [5.74, 6) is 0.511. The zero-order chi connectivity index (χ0) is 9.68. The van der Waals surface area contributed by atoms with Gasteiger partial charge in [0.05, 0.1) is 25.5 Å². The van der Waals surface area contributed by atoms with E-state index in [0.29, 0.717) is 18.2 Å². The molecule has 1 rings (SSSR count). The maximum absolute atomic E-state index is 5.76. The Morgan fingerprint density at radius 1 is 1.46 bits per heavy atom. The Hall–Kier alpha value is -1.20. The molecule has 0 saturated heterocycles. The minimum Gasteiger partial charge on any atom is -0.481 e. The summed E-state index contributed by atoms with van der Waals surface area (Å²) in [6.45, 7) is 0.431. The van der Waals surface area contributed by atoms with Crippen LogP contribution in [0.3, 0.4) is 0 Å². The SMILES string of the molecule is COCC(N)c1cc(OC)ncn1. The van der Waals surface area contributed by atoms with Crippen LogP contribution in [0.5, 0.6) is 5.88 Å². The van der Waals surface area contributed by atoms with Crippen molar-refractivity contribution in [1.82, 2.24) is 9.97 Å². The van der Waals surface area contributed by atoms with Crippen LogP contribution < -0.4 is 10.5 Å². The zero-order valence-electron chi connectivity index (χ0n) is 7.73. The molecule has 0 amide bonds. The predicted molar refractivity (Wildman–Crippen MR) is 47.4 cm³/mol. The Balaban J connectivity index is 2.75. The summed E-state index contributed by atoms with van der Waals surface area (Å²) >= 11 is 0. The summed E-state index contributed by atoms with van der Waals surface area (Å²) in [6, 6.07) is 1.46. The van der Waals surface area contributed by atoms with Gasteiger partial charge in [-0.3, -0.25) is 0 Å². The van der Waals surface area contributed by atoms with Crippen molar-refractivity contribution in [3.05, 3.63) is 18.1 Å². The third kappa shape index (κ3) is 2.64. The topological polar surface area (TPSA) is 70.3 Å². The second kappa shape index (κ2) is 4.74. The van der Waals surface area contributed by atoms with Crippen LogP contribution in [-0.2, 0) is 4.74 Å². The third-order valence-electron chi connectivity index (χ3n) is 1.60. The fraction of sp³-hybridized carbons (Fsp3) is 0.500. The molecule has 0 radical (unpaired) electrons. The standard InChI is InChI=1S/C8H13N3O2/c1-12-4-6(9)7-3-8(13-2)11-5-10-7/h3,5-6H,4,9H2,1-2H3. The van der Waals surface area contributed by atoms with Crippen molar-refractivity contribution in [2.24, 2.45) is 5.73 Å². The number of methoxy groups -OCH3 is 2. The lowest BCUT2D eigenvalue weighted by Gasteiger charge is -2.09. The van der Waals surface area contributed by atoms with E-state index in [1.807, 2.05) is 0 Å². The number of nitrogens with two attached hydrogens (primary N) is 1. The van der Waals surface area contributed by atoms with E-state index >= 15 is 0 Å². The lowest BCUT2D eigenvalue weighted by Crippen LogP contribution is -2.17. The van der Waals surface area contributed by atoms with Gasteiger partial charge in [-0.15, -0.1) is 0 Å². The van der Waals surface area contributed by atoms with Crippen molar-refractivity contribution in [2.45, 2.75) is 6.04 Å². The summed E-state index contributed by atoms with van der Waals surface area (Å²) in [5.41, 5.74) is 6.47. The van der Waals surface area contributed by atoms with Crippen LogP contribution in [0.1, 0.15) is 11.7 Å². The van der Waals surface area contributed by atoms with Gasteiger partial charge in [0.1, 0.15) is 6.33 Å². The lowest BCUT2D eigenvalue weighted by molar-refractivity contribution is 0.179. The smallest absolute Gasteiger partial charge is 0.216 e. The maximum Gasteiger partial charge on any atom is 0.216 e. The molecule has 0 saturated carbocycles. The Kier molecular flexibility index (Phi) is 3.60. The van der Waals surface area contributed by atoms with Gasteiger partial charge in [0.2, 0.25) is 5.88 Å². The molecule has 0 aliphatic rings. The summed E-state index contributed by atoms with van der Waals surface area (Å²) in [6.07, 6.45) is 1.42. The van der Waals surface area contributed by atoms with Gasteiger partial charge >= 0.3 is 0 Å². The molecule has 1 atom stereocenters. The van der Waals surface area contributed by atoms with Gasteiger partial charge < -0.3 is 15.2 Å². The number of ether oxygens (including phenoxy) is 2. The van der Waals surface area contributed by atoms with Crippen molar-refractivity contribution in [3.63, 3.8) is 0 Å². The van der Waals surface area contributed by atoms with E-state index in [0.717, 1.165) is 0 Å². The van der Waals surface area contributed by atoms with Gasteiger partial charge in [-0.2, -0.15) is 0 Å². The number of hydrogen-bond donors (Lipinski definition) is 1. The molecule has 5 nitrogen and oxygen atoms in total.